The number of fused-ring (bicyclic) bond motifs is 1. The van der Waals surface area contributed by atoms with Crippen LogP contribution in [-0.2, 0) is 0 Å². The number of amides is 2. The molecule has 5 heteroatoms. The number of ether oxygens (including phenoxy) is 2. The second kappa shape index (κ2) is 9.93. The molecule has 1 aliphatic rings. The van der Waals surface area contributed by atoms with Crippen molar-refractivity contribution in [1.29, 1.82) is 0 Å². The van der Waals surface area contributed by atoms with Gasteiger partial charge in [-0.3, -0.25) is 14.5 Å². The van der Waals surface area contributed by atoms with Crippen LogP contribution < -0.4 is 9.47 Å². The molecular weight excluding hydrogens is 354 g/mol. The van der Waals surface area contributed by atoms with Crippen LogP contribution in [0.4, 0.5) is 0 Å². The van der Waals surface area contributed by atoms with E-state index in [0.29, 0.717) is 43.1 Å². The first-order valence-corrected chi connectivity index (χ1v) is 10.0. The first-order valence-electron chi connectivity index (χ1n) is 10.0. The molecule has 0 N–H and O–H groups in total. The number of rotatable bonds is 11. The van der Waals surface area contributed by atoms with Gasteiger partial charge in [0.2, 0.25) is 0 Å². The third-order valence-corrected chi connectivity index (χ3v) is 4.77. The largest absolute Gasteiger partial charge is 0.490 e. The Kier molecular flexibility index (Phi) is 7.06. The summed E-state index contributed by atoms with van der Waals surface area (Å²) in [6.07, 6.45) is 5.18. The Morgan fingerprint density at radius 2 is 1.25 bits per heavy atom. The standard InChI is InChI=1S/C23H27NO4/c1-2-3-4-9-16-27-20-13-7-8-14-21(20)28-17-10-15-24-22(25)18-11-5-6-12-19(18)23(24)26/h5-8,11-14H,2-4,9-10,15-17H2,1H3. The molecular formula is C23H27NO4. The predicted molar refractivity (Wildman–Crippen MR) is 108 cm³/mol. The van der Waals surface area contributed by atoms with E-state index in [1.54, 1.807) is 24.3 Å². The number of nitrogens with zero attached hydrogens (tertiary/aromatic N) is 1. The fourth-order valence-electron chi connectivity index (χ4n) is 3.25. The summed E-state index contributed by atoms with van der Waals surface area (Å²) in [7, 11) is 0. The van der Waals surface area contributed by atoms with Gasteiger partial charge in [-0.05, 0) is 37.1 Å². The van der Waals surface area contributed by atoms with Crippen molar-refractivity contribution in [2.45, 2.75) is 39.0 Å². The molecule has 0 fully saturated rings. The van der Waals surface area contributed by atoms with Gasteiger partial charge in [-0.15, -0.1) is 0 Å². The highest BCUT2D eigenvalue weighted by atomic mass is 16.5. The Hall–Kier alpha value is -2.82. The van der Waals surface area contributed by atoms with E-state index in [2.05, 4.69) is 6.92 Å². The molecule has 148 valence electrons. The number of hydrogen-bond acceptors (Lipinski definition) is 4. The summed E-state index contributed by atoms with van der Waals surface area (Å²) in [4.78, 5) is 26.0. The number of carbonyl (C=O) groups excluding carboxylic acids is 2. The lowest BCUT2D eigenvalue weighted by molar-refractivity contribution is 0.0646. The number of carbonyl (C=O) groups is 2. The van der Waals surface area contributed by atoms with Crippen molar-refractivity contribution in [2.75, 3.05) is 19.8 Å². The molecule has 0 aromatic heterocycles. The Bertz CT molecular complexity index is 783. The Balaban J connectivity index is 1.46. The first kappa shape index (κ1) is 19.9. The minimum Gasteiger partial charge on any atom is -0.490 e. The average molecular weight is 381 g/mol. The number of unbranched alkanes of at least 4 members (excludes halogenated alkanes) is 3. The Morgan fingerprint density at radius 1 is 0.714 bits per heavy atom. The van der Waals surface area contributed by atoms with Crippen molar-refractivity contribution in [3.8, 4) is 11.5 Å². The summed E-state index contributed by atoms with van der Waals surface area (Å²) in [5.74, 6) is 0.980. The van der Waals surface area contributed by atoms with Crippen LogP contribution in [0.2, 0.25) is 0 Å². The molecule has 0 bridgehead atoms. The summed E-state index contributed by atoms with van der Waals surface area (Å²) >= 11 is 0. The van der Waals surface area contributed by atoms with Crippen molar-refractivity contribution in [1.82, 2.24) is 4.90 Å². The van der Waals surface area contributed by atoms with E-state index in [1.807, 2.05) is 24.3 Å². The van der Waals surface area contributed by atoms with Crippen LogP contribution in [0.1, 0.15) is 59.7 Å². The summed E-state index contributed by atoms with van der Waals surface area (Å²) in [6, 6.07) is 14.5. The highest BCUT2D eigenvalue weighted by Gasteiger charge is 2.34. The molecule has 28 heavy (non-hydrogen) atoms. The maximum atomic E-state index is 12.4. The molecule has 1 heterocycles. The van der Waals surface area contributed by atoms with Gasteiger partial charge < -0.3 is 9.47 Å². The lowest BCUT2D eigenvalue weighted by atomic mass is 10.1. The number of benzene rings is 2. The van der Waals surface area contributed by atoms with Crippen LogP contribution in [0.15, 0.2) is 48.5 Å². The molecule has 0 saturated carbocycles. The average Bonchev–Trinajstić information content (AvgIpc) is 2.97. The number of imide groups is 1. The van der Waals surface area contributed by atoms with Crippen molar-refractivity contribution in [2.24, 2.45) is 0 Å². The molecule has 2 amide bonds. The van der Waals surface area contributed by atoms with Gasteiger partial charge in [-0.2, -0.15) is 0 Å². The second-order valence-corrected chi connectivity index (χ2v) is 6.87. The van der Waals surface area contributed by atoms with Crippen molar-refractivity contribution in [3.05, 3.63) is 59.7 Å². The van der Waals surface area contributed by atoms with Crippen molar-refractivity contribution < 1.29 is 19.1 Å². The number of hydrogen-bond donors (Lipinski definition) is 0. The molecule has 1 aliphatic heterocycles. The molecule has 0 atom stereocenters. The SMILES string of the molecule is CCCCCCOc1ccccc1OCCCN1C(=O)c2ccccc2C1=O. The monoisotopic (exact) mass is 381 g/mol. The van der Waals surface area contributed by atoms with Gasteiger partial charge in [0.05, 0.1) is 24.3 Å². The molecule has 2 aromatic rings. The van der Waals surface area contributed by atoms with Crippen molar-refractivity contribution in [3.63, 3.8) is 0 Å². The lowest BCUT2D eigenvalue weighted by Crippen LogP contribution is -2.31. The summed E-state index contributed by atoms with van der Waals surface area (Å²) in [5.41, 5.74) is 0.963. The number of para-hydroxylation sites is 2. The van der Waals surface area contributed by atoms with Gasteiger partial charge in [0.25, 0.3) is 11.8 Å². The molecule has 0 saturated heterocycles. The van der Waals surface area contributed by atoms with Crippen LogP contribution in [-0.4, -0.2) is 36.5 Å². The molecule has 0 aliphatic carbocycles. The Labute approximate surface area is 166 Å². The van der Waals surface area contributed by atoms with Crippen molar-refractivity contribution >= 4 is 11.8 Å². The predicted octanol–water partition coefficient (Wildman–Crippen LogP) is 4.71. The van der Waals surface area contributed by atoms with Crippen LogP contribution in [0.3, 0.4) is 0 Å². The van der Waals surface area contributed by atoms with Gasteiger partial charge in [0.15, 0.2) is 11.5 Å². The van der Waals surface area contributed by atoms with Gasteiger partial charge in [0, 0.05) is 6.54 Å². The maximum absolute atomic E-state index is 12.4. The third kappa shape index (κ3) is 4.71. The minimum atomic E-state index is -0.226. The van der Waals surface area contributed by atoms with E-state index in [0.717, 1.165) is 12.2 Å². The summed E-state index contributed by atoms with van der Waals surface area (Å²) in [5, 5.41) is 0. The minimum absolute atomic E-state index is 0.226. The zero-order valence-corrected chi connectivity index (χ0v) is 16.4. The highest BCUT2D eigenvalue weighted by molar-refractivity contribution is 6.21. The van der Waals surface area contributed by atoms with Crippen LogP contribution in [0, 0.1) is 0 Å². The fourth-order valence-corrected chi connectivity index (χ4v) is 3.25. The zero-order valence-electron chi connectivity index (χ0n) is 16.4. The normalized spacial score (nSPS) is 13.0. The molecule has 3 rings (SSSR count). The highest BCUT2D eigenvalue weighted by Crippen LogP contribution is 2.27. The van der Waals surface area contributed by atoms with Gasteiger partial charge >= 0.3 is 0 Å². The summed E-state index contributed by atoms with van der Waals surface area (Å²) in [6.45, 7) is 3.61. The quantitative estimate of drug-likeness (QED) is 0.418. The molecule has 2 aromatic carbocycles. The Morgan fingerprint density at radius 3 is 1.82 bits per heavy atom. The van der Waals surface area contributed by atoms with E-state index >= 15 is 0 Å². The van der Waals surface area contributed by atoms with E-state index in [9.17, 15) is 9.59 Å². The lowest BCUT2D eigenvalue weighted by Gasteiger charge is -2.15. The molecule has 0 radical (unpaired) electrons. The summed E-state index contributed by atoms with van der Waals surface area (Å²) < 4.78 is 11.7. The first-order chi connectivity index (χ1) is 13.7. The van der Waals surface area contributed by atoms with Gasteiger partial charge in [-0.1, -0.05) is 50.5 Å². The van der Waals surface area contributed by atoms with Crippen LogP contribution in [0.5, 0.6) is 11.5 Å². The molecule has 0 unspecified atom stereocenters. The molecule has 0 spiro atoms. The smallest absolute Gasteiger partial charge is 0.261 e. The van der Waals surface area contributed by atoms with Crippen LogP contribution in [0.25, 0.3) is 0 Å². The molecule has 5 nitrogen and oxygen atoms in total. The van der Waals surface area contributed by atoms with Gasteiger partial charge in [0.1, 0.15) is 0 Å². The fraction of sp³-hybridized carbons (Fsp3) is 0.391. The third-order valence-electron chi connectivity index (χ3n) is 4.77. The maximum Gasteiger partial charge on any atom is 0.261 e. The van der Waals surface area contributed by atoms with E-state index in [-0.39, 0.29) is 11.8 Å². The second-order valence-electron chi connectivity index (χ2n) is 6.87. The van der Waals surface area contributed by atoms with E-state index in [1.165, 1.54) is 24.2 Å². The van der Waals surface area contributed by atoms with Crippen LogP contribution >= 0.6 is 0 Å². The zero-order chi connectivity index (χ0) is 19.8. The van der Waals surface area contributed by atoms with E-state index < -0.39 is 0 Å². The van der Waals surface area contributed by atoms with Gasteiger partial charge in [-0.25, -0.2) is 0 Å². The topological polar surface area (TPSA) is 55.8 Å². The van der Waals surface area contributed by atoms with E-state index in [4.69, 9.17) is 9.47 Å².